The number of nitrogens with one attached hydrogen (secondary N) is 1. The van der Waals surface area contributed by atoms with Crippen LogP contribution in [0.15, 0.2) is 36.5 Å². The Bertz CT molecular complexity index is 410. The SMILES string of the molecule is Cc1cccc(N/C=C\C(=O)C(F)(F)F)c1. The average molecular weight is 229 g/mol. The van der Waals surface area contributed by atoms with Crippen molar-refractivity contribution < 1.29 is 18.0 Å². The van der Waals surface area contributed by atoms with Gasteiger partial charge in [0, 0.05) is 18.0 Å². The molecular formula is C11H10F3NO. The molecule has 16 heavy (non-hydrogen) atoms. The third-order valence-electron chi connectivity index (χ3n) is 1.78. The van der Waals surface area contributed by atoms with E-state index in [-0.39, 0.29) is 0 Å². The van der Waals surface area contributed by atoms with Crippen molar-refractivity contribution in [2.45, 2.75) is 13.1 Å². The van der Waals surface area contributed by atoms with E-state index in [0.29, 0.717) is 11.8 Å². The first-order chi connectivity index (χ1) is 7.39. The van der Waals surface area contributed by atoms with Crippen molar-refractivity contribution in [1.82, 2.24) is 0 Å². The predicted octanol–water partition coefficient (Wildman–Crippen LogP) is 3.05. The summed E-state index contributed by atoms with van der Waals surface area (Å²) in [6.07, 6.45) is -3.38. The van der Waals surface area contributed by atoms with Crippen LogP contribution in [-0.2, 0) is 4.79 Å². The molecule has 5 heteroatoms. The smallest absolute Gasteiger partial charge is 0.362 e. The van der Waals surface area contributed by atoms with Gasteiger partial charge in [0.1, 0.15) is 0 Å². The van der Waals surface area contributed by atoms with Gasteiger partial charge in [0.25, 0.3) is 5.78 Å². The van der Waals surface area contributed by atoms with E-state index < -0.39 is 12.0 Å². The number of anilines is 1. The van der Waals surface area contributed by atoms with E-state index in [1.54, 1.807) is 18.2 Å². The maximum Gasteiger partial charge on any atom is 0.454 e. The van der Waals surface area contributed by atoms with Gasteiger partial charge >= 0.3 is 6.18 Å². The van der Waals surface area contributed by atoms with Crippen molar-refractivity contribution in [2.24, 2.45) is 0 Å². The van der Waals surface area contributed by atoms with Crippen LogP contribution in [0.4, 0.5) is 18.9 Å². The first-order valence-corrected chi connectivity index (χ1v) is 4.50. The fraction of sp³-hybridized carbons (Fsp3) is 0.182. The summed E-state index contributed by atoms with van der Waals surface area (Å²) in [4.78, 5) is 10.5. The van der Waals surface area contributed by atoms with Gasteiger partial charge in [-0.25, -0.2) is 0 Å². The molecule has 0 spiro atoms. The van der Waals surface area contributed by atoms with E-state index in [1.807, 2.05) is 13.0 Å². The Kier molecular flexibility index (Phi) is 3.71. The maximum atomic E-state index is 11.8. The van der Waals surface area contributed by atoms with Gasteiger partial charge in [-0.05, 0) is 24.6 Å². The molecule has 0 heterocycles. The topological polar surface area (TPSA) is 29.1 Å². The number of halogens is 3. The van der Waals surface area contributed by atoms with Crippen LogP contribution in [0.25, 0.3) is 0 Å². The Morgan fingerprint density at radius 2 is 2.06 bits per heavy atom. The van der Waals surface area contributed by atoms with Gasteiger partial charge in [0.05, 0.1) is 0 Å². The largest absolute Gasteiger partial charge is 0.454 e. The molecule has 0 radical (unpaired) electrons. The van der Waals surface area contributed by atoms with Gasteiger partial charge in [-0.15, -0.1) is 0 Å². The Labute approximate surface area is 90.8 Å². The minimum absolute atomic E-state index is 0.461. The number of aryl methyl sites for hydroxylation is 1. The van der Waals surface area contributed by atoms with Crippen LogP contribution >= 0.6 is 0 Å². The second-order valence-corrected chi connectivity index (χ2v) is 3.21. The molecule has 0 fully saturated rings. The highest BCUT2D eigenvalue weighted by atomic mass is 19.4. The van der Waals surface area contributed by atoms with E-state index in [0.717, 1.165) is 11.8 Å². The number of carbonyl (C=O) groups is 1. The third-order valence-corrected chi connectivity index (χ3v) is 1.78. The first kappa shape index (κ1) is 12.3. The standard InChI is InChI=1S/C11H10F3NO/c1-8-3-2-4-9(7-8)15-6-5-10(16)11(12,13)14/h2-7,15H,1H3/b6-5-. The molecule has 0 aromatic heterocycles. The Balaban J connectivity index is 2.59. The molecule has 0 aliphatic heterocycles. The quantitative estimate of drug-likeness (QED) is 0.807. The molecule has 0 unspecified atom stereocenters. The predicted molar refractivity (Wildman–Crippen MR) is 55.0 cm³/mol. The number of allylic oxidation sites excluding steroid dienone is 1. The van der Waals surface area contributed by atoms with Gasteiger partial charge in [0.2, 0.25) is 0 Å². The monoisotopic (exact) mass is 229 g/mol. The Hall–Kier alpha value is -1.78. The van der Waals surface area contributed by atoms with Crippen LogP contribution < -0.4 is 5.32 Å². The van der Waals surface area contributed by atoms with Gasteiger partial charge in [0.15, 0.2) is 0 Å². The molecular weight excluding hydrogens is 219 g/mol. The van der Waals surface area contributed by atoms with Gasteiger partial charge < -0.3 is 5.32 Å². The van der Waals surface area contributed by atoms with Gasteiger partial charge in [-0.3, -0.25) is 4.79 Å². The highest BCUT2D eigenvalue weighted by molar-refractivity contribution is 5.94. The van der Waals surface area contributed by atoms with Crippen molar-refractivity contribution in [1.29, 1.82) is 0 Å². The number of benzene rings is 1. The summed E-state index contributed by atoms with van der Waals surface area (Å²) in [6.45, 7) is 1.86. The highest BCUT2D eigenvalue weighted by Crippen LogP contribution is 2.16. The second-order valence-electron chi connectivity index (χ2n) is 3.21. The van der Waals surface area contributed by atoms with Crippen LogP contribution in [0.2, 0.25) is 0 Å². The van der Waals surface area contributed by atoms with Crippen LogP contribution in [0, 0.1) is 6.92 Å². The van der Waals surface area contributed by atoms with E-state index in [1.165, 1.54) is 0 Å². The van der Waals surface area contributed by atoms with E-state index in [4.69, 9.17) is 0 Å². The summed E-state index contributed by atoms with van der Waals surface area (Å²) in [5.74, 6) is -1.88. The molecule has 1 aromatic carbocycles. The van der Waals surface area contributed by atoms with Crippen LogP contribution in [0.1, 0.15) is 5.56 Å². The number of hydrogen-bond donors (Lipinski definition) is 1. The molecule has 0 amide bonds. The summed E-state index contributed by atoms with van der Waals surface area (Å²) in [7, 11) is 0. The lowest BCUT2D eigenvalue weighted by atomic mass is 10.2. The average Bonchev–Trinajstić information content (AvgIpc) is 2.16. The number of ketones is 1. The van der Waals surface area contributed by atoms with Crippen LogP contribution in [-0.4, -0.2) is 12.0 Å². The molecule has 1 N–H and O–H groups in total. The zero-order valence-electron chi connectivity index (χ0n) is 8.51. The second kappa shape index (κ2) is 4.83. The molecule has 1 aromatic rings. The van der Waals surface area contributed by atoms with Crippen molar-refractivity contribution in [3.05, 3.63) is 42.1 Å². The molecule has 0 aliphatic carbocycles. The molecule has 0 bridgehead atoms. The zero-order valence-corrected chi connectivity index (χ0v) is 8.51. The van der Waals surface area contributed by atoms with Crippen molar-refractivity contribution >= 4 is 11.5 Å². The van der Waals surface area contributed by atoms with Crippen molar-refractivity contribution in [3.8, 4) is 0 Å². The fourth-order valence-corrected chi connectivity index (χ4v) is 1.04. The summed E-state index contributed by atoms with van der Waals surface area (Å²) < 4.78 is 35.4. The molecule has 0 saturated carbocycles. The molecule has 2 nitrogen and oxygen atoms in total. The first-order valence-electron chi connectivity index (χ1n) is 4.50. The molecule has 0 saturated heterocycles. The number of hydrogen-bond acceptors (Lipinski definition) is 2. The number of alkyl halides is 3. The Morgan fingerprint density at radius 1 is 1.38 bits per heavy atom. The molecule has 0 aliphatic rings. The van der Waals surface area contributed by atoms with Crippen LogP contribution in [0.3, 0.4) is 0 Å². The minimum Gasteiger partial charge on any atom is -0.362 e. The summed E-state index contributed by atoms with van der Waals surface area (Å²) in [5.41, 5.74) is 1.60. The lowest BCUT2D eigenvalue weighted by molar-refractivity contribution is -0.165. The maximum absolute atomic E-state index is 11.8. The van der Waals surface area contributed by atoms with Gasteiger partial charge in [-0.2, -0.15) is 13.2 Å². The van der Waals surface area contributed by atoms with E-state index in [2.05, 4.69) is 5.32 Å². The summed E-state index contributed by atoms with van der Waals surface area (Å²) >= 11 is 0. The lowest BCUT2D eigenvalue weighted by Crippen LogP contribution is -2.20. The molecule has 0 atom stereocenters. The van der Waals surface area contributed by atoms with Gasteiger partial charge in [-0.1, -0.05) is 12.1 Å². The summed E-state index contributed by atoms with van der Waals surface area (Å²) in [6, 6.07) is 7.06. The fourth-order valence-electron chi connectivity index (χ4n) is 1.04. The summed E-state index contributed by atoms with van der Waals surface area (Å²) in [5, 5.41) is 2.59. The Morgan fingerprint density at radius 3 is 2.62 bits per heavy atom. The number of rotatable bonds is 3. The van der Waals surface area contributed by atoms with E-state index in [9.17, 15) is 18.0 Å². The molecule has 86 valence electrons. The molecule has 1 rings (SSSR count). The third kappa shape index (κ3) is 3.76. The van der Waals surface area contributed by atoms with Crippen molar-refractivity contribution in [2.75, 3.05) is 5.32 Å². The highest BCUT2D eigenvalue weighted by Gasteiger charge is 2.35. The zero-order chi connectivity index (χ0) is 12.2. The normalized spacial score (nSPS) is 11.8. The minimum atomic E-state index is -4.81. The van der Waals surface area contributed by atoms with Crippen LogP contribution in [0.5, 0.6) is 0 Å². The lowest BCUT2D eigenvalue weighted by Gasteiger charge is -2.02. The van der Waals surface area contributed by atoms with Crippen molar-refractivity contribution in [3.63, 3.8) is 0 Å². The number of carbonyl (C=O) groups excluding carboxylic acids is 1. The van der Waals surface area contributed by atoms with E-state index >= 15 is 0 Å².